The van der Waals surface area contributed by atoms with E-state index in [1.165, 1.54) is 54.2 Å². The van der Waals surface area contributed by atoms with Crippen molar-refractivity contribution in [1.82, 2.24) is 19.5 Å². The minimum Gasteiger partial charge on any atom is -0.456 e. The van der Waals surface area contributed by atoms with Crippen LogP contribution in [-0.4, -0.2) is 19.5 Å². The summed E-state index contributed by atoms with van der Waals surface area (Å²) < 4.78 is 9.02. The van der Waals surface area contributed by atoms with Crippen LogP contribution in [0.4, 0.5) is 0 Å². The molecule has 15 aromatic rings. The summed E-state index contributed by atoms with van der Waals surface area (Å²) in [5.41, 5.74) is 14.6. The molecule has 0 radical (unpaired) electrons. The molecule has 0 unspecified atom stereocenters. The summed E-state index contributed by atoms with van der Waals surface area (Å²) in [6.45, 7) is 0. The quantitative estimate of drug-likeness (QED) is 0.149. The summed E-state index contributed by atoms with van der Waals surface area (Å²) in [6, 6.07) is 90.8. The summed E-state index contributed by atoms with van der Waals surface area (Å²) in [6.07, 6.45) is 0. The molecular weight excluding hydrogens is 901 g/mol. The van der Waals surface area contributed by atoms with E-state index in [-0.39, 0.29) is 0 Å². The van der Waals surface area contributed by atoms with Crippen molar-refractivity contribution in [2.75, 3.05) is 0 Å². The molecule has 0 aliphatic rings. The summed E-state index contributed by atoms with van der Waals surface area (Å²) in [5.74, 6) is 1.87. The first kappa shape index (κ1) is 41.8. The number of hydrogen-bond donors (Lipinski definition) is 0. The molecule has 0 amide bonds. The number of aromatic nitrogens is 4. The summed E-state index contributed by atoms with van der Waals surface area (Å²) in [5, 5.41) is 12.2. The van der Waals surface area contributed by atoms with E-state index >= 15 is 0 Å². The fourth-order valence-corrected chi connectivity index (χ4v) is 11.3. The Labute approximate surface area is 425 Å². The van der Waals surface area contributed by atoms with Gasteiger partial charge < -0.3 is 8.98 Å². The average molecular weight is 943 g/mol. The lowest BCUT2D eigenvalue weighted by atomic mass is 9.92. The lowest BCUT2D eigenvalue weighted by molar-refractivity contribution is 0.669. The van der Waals surface area contributed by atoms with E-state index in [4.69, 9.17) is 19.4 Å². The van der Waals surface area contributed by atoms with E-state index in [1.807, 2.05) is 60.7 Å². The molecule has 0 atom stereocenters. The van der Waals surface area contributed by atoms with Crippen LogP contribution in [0.5, 0.6) is 0 Å². The molecule has 5 heteroatoms. The van der Waals surface area contributed by atoms with Gasteiger partial charge in [-0.05, 0) is 132 Å². The predicted octanol–water partition coefficient (Wildman–Crippen LogP) is 18.3. The zero-order valence-electron chi connectivity index (χ0n) is 39.9. The summed E-state index contributed by atoms with van der Waals surface area (Å²) >= 11 is 0. The zero-order valence-corrected chi connectivity index (χ0v) is 39.9. The van der Waals surface area contributed by atoms with Gasteiger partial charge in [0.1, 0.15) is 11.2 Å². The van der Waals surface area contributed by atoms with E-state index in [2.05, 4.69) is 199 Å². The number of furan rings is 1. The SMILES string of the molecule is c1ccc(-c2nc(-c3ccccc3)nc(-c3cccc(-c4cccc5oc6ccc(-c7ccc8c(c7)c7cc(-c9ccc%10c%11ccccc%11c%11ccccc%11c%10c9)ccc7n8-c7ccccc7)cc6c45)c3)n2)cc1. The Kier molecular flexibility index (Phi) is 9.50. The van der Waals surface area contributed by atoms with Crippen molar-refractivity contribution in [3.8, 4) is 73.2 Å². The van der Waals surface area contributed by atoms with Gasteiger partial charge in [0.05, 0.1) is 11.0 Å². The van der Waals surface area contributed by atoms with Gasteiger partial charge in [0.25, 0.3) is 0 Å². The molecule has 0 spiro atoms. The van der Waals surface area contributed by atoms with Crippen LogP contribution in [0.15, 0.2) is 259 Å². The highest BCUT2D eigenvalue weighted by atomic mass is 16.3. The smallest absolute Gasteiger partial charge is 0.164 e. The Morgan fingerprint density at radius 3 is 1.28 bits per heavy atom. The van der Waals surface area contributed by atoms with Gasteiger partial charge in [-0.3, -0.25) is 0 Å². The highest BCUT2D eigenvalue weighted by molar-refractivity contribution is 6.26. The van der Waals surface area contributed by atoms with Crippen LogP contribution in [0.1, 0.15) is 0 Å². The van der Waals surface area contributed by atoms with Crippen LogP contribution in [0.25, 0.3) is 149 Å². The van der Waals surface area contributed by atoms with Crippen molar-refractivity contribution in [3.05, 3.63) is 255 Å². The minimum absolute atomic E-state index is 0.613. The number of benzene rings is 12. The van der Waals surface area contributed by atoms with Crippen molar-refractivity contribution >= 4 is 76.1 Å². The van der Waals surface area contributed by atoms with E-state index in [9.17, 15) is 0 Å². The van der Waals surface area contributed by atoms with E-state index in [0.717, 1.165) is 77.6 Å². The van der Waals surface area contributed by atoms with Crippen molar-refractivity contribution in [3.63, 3.8) is 0 Å². The molecule has 3 aromatic heterocycles. The predicted molar refractivity (Wildman–Crippen MR) is 307 cm³/mol. The van der Waals surface area contributed by atoms with Crippen molar-refractivity contribution < 1.29 is 4.42 Å². The molecule has 0 bridgehead atoms. The molecule has 0 aliphatic carbocycles. The molecule has 344 valence electrons. The minimum atomic E-state index is 0.613. The van der Waals surface area contributed by atoms with Gasteiger partial charge in [0, 0.05) is 43.9 Å². The third-order valence-corrected chi connectivity index (χ3v) is 14.8. The van der Waals surface area contributed by atoms with Gasteiger partial charge >= 0.3 is 0 Å². The molecule has 0 fully saturated rings. The van der Waals surface area contributed by atoms with Crippen LogP contribution in [0.2, 0.25) is 0 Å². The zero-order chi connectivity index (χ0) is 48.7. The fourth-order valence-electron chi connectivity index (χ4n) is 11.3. The standard InChI is InChI=1S/C69H42N4O/c1-4-16-43(17-5-1)67-70-68(44-18-6-2-7-19-44)72-69(71-67)50-21-14-20-49(38-50)52-28-15-29-65-66(52)61-42-48(33-37-64(61)74-65)47-32-36-63-60(41-47)59-40-46(31-35-62(59)73(63)51-22-8-3-9-23-51)45-30-34-57-55-26-11-10-24-53(55)54-25-12-13-27-56(54)58(57)39-45/h1-42H. The average Bonchev–Trinajstić information content (AvgIpc) is 4.04. The monoisotopic (exact) mass is 942 g/mol. The molecule has 5 nitrogen and oxygen atoms in total. The first-order valence-electron chi connectivity index (χ1n) is 25.1. The fraction of sp³-hybridized carbons (Fsp3) is 0. The number of fused-ring (bicyclic) bond motifs is 12. The molecule has 15 rings (SSSR count). The Hall–Kier alpha value is -9.97. The highest BCUT2D eigenvalue weighted by Gasteiger charge is 2.19. The molecular formula is C69H42N4O. The second kappa shape index (κ2) is 16.8. The topological polar surface area (TPSA) is 56.7 Å². The third-order valence-electron chi connectivity index (χ3n) is 14.8. The van der Waals surface area contributed by atoms with Crippen LogP contribution >= 0.6 is 0 Å². The Bertz CT molecular complexity index is 4620. The first-order valence-corrected chi connectivity index (χ1v) is 25.1. The molecule has 0 aliphatic heterocycles. The Morgan fingerprint density at radius 2 is 0.689 bits per heavy atom. The largest absolute Gasteiger partial charge is 0.456 e. The lowest BCUT2D eigenvalue weighted by Crippen LogP contribution is -2.00. The maximum atomic E-state index is 6.62. The molecule has 12 aromatic carbocycles. The Balaban J connectivity index is 0.863. The van der Waals surface area contributed by atoms with Gasteiger partial charge in [-0.25, -0.2) is 15.0 Å². The molecule has 74 heavy (non-hydrogen) atoms. The summed E-state index contributed by atoms with van der Waals surface area (Å²) in [7, 11) is 0. The second-order valence-electron chi connectivity index (χ2n) is 19.1. The van der Waals surface area contributed by atoms with Gasteiger partial charge in [-0.15, -0.1) is 0 Å². The molecule has 0 saturated carbocycles. The van der Waals surface area contributed by atoms with Gasteiger partial charge in [0.15, 0.2) is 17.5 Å². The normalized spacial score (nSPS) is 11.8. The van der Waals surface area contributed by atoms with E-state index in [0.29, 0.717) is 17.5 Å². The van der Waals surface area contributed by atoms with Crippen LogP contribution < -0.4 is 0 Å². The van der Waals surface area contributed by atoms with Gasteiger partial charge in [-0.2, -0.15) is 0 Å². The summed E-state index contributed by atoms with van der Waals surface area (Å²) in [4.78, 5) is 15.0. The van der Waals surface area contributed by atoms with Crippen LogP contribution in [0, 0.1) is 0 Å². The van der Waals surface area contributed by atoms with Crippen molar-refractivity contribution in [2.45, 2.75) is 0 Å². The molecule has 0 saturated heterocycles. The second-order valence-corrected chi connectivity index (χ2v) is 19.1. The maximum absolute atomic E-state index is 6.62. The Morgan fingerprint density at radius 1 is 0.257 bits per heavy atom. The highest BCUT2D eigenvalue weighted by Crippen LogP contribution is 2.43. The van der Waals surface area contributed by atoms with Gasteiger partial charge in [0.2, 0.25) is 0 Å². The lowest BCUT2D eigenvalue weighted by Gasteiger charge is -2.12. The number of para-hydroxylation sites is 1. The van der Waals surface area contributed by atoms with Gasteiger partial charge in [-0.1, -0.05) is 188 Å². The number of hydrogen-bond acceptors (Lipinski definition) is 4. The first-order chi connectivity index (χ1) is 36.7. The molecule has 3 heterocycles. The van der Waals surface area contributed by atoms with Crippen molar-refractivity contribution in [1.29, 1.82) is 0 Å². The number of nitrogens with zero attached hydrogens (tertiary/aromatic N) is 4. The van der Waals surface area contributed by atoms with E-state index < -0.39 is 0 Å². The number of rotatable bonds is 7. The van der Waals surface area contributed by atoms with Crippen LogP contribution in [-0.2, 0) is 0 Å². The molecule has 0 N–H and O–H groups in total. The maximum Gasteiger partial charge on any atom is 0.164 e. The third kappa shape index (κ3) is 6.82. The van der Waals surface area contributed by atoms with Crippen molar-refractivity contribution in [2.24, 2.45) is 0 Å². The van der Waals surface area contributed by atoms with E-state index in [1.54, 1.807) is 0 Å². The van der Waals surface area contributed by atoms with Crippen LogP contribution in [0.3, 0.4) is 0 Å².